The molecule has 0 N–H and O–H groups in total. The van der Waals surface area contributed by atoms with Crippen molar-refractivity contribution in [3.05, 3.63) is 29.8 Å². The quantitative estimate of drug-likeness (QED) is 0.783. The highest BCUT2D eigenvalue weighted by Crippen LogP contribution is 2.24. The van der Waals surface area contributed by atoms with Gasteiger partial charge in [0.2, 0.25) is 0 Å². The second-order valence-corrected chi connectivity index (χ2v) is 7.65. The van der Waals surface area contributed by atoms with Crippen molar-refractivity contribution in [2.45, 2.75) is 23.4 Å². The molecule has 0 bridgehead atoms. The molecule has 0 amide bonds. The van der Waals surface area contributed by atoms with Crippen LogP contribution in [0.3, 0.4) is 0 Å². The standard InChI is InChI=1S/C12H17BrO3S/c1-9(17(3,14)15)11(13)8-10-6-4-5-7-12(10)16-2/h4-7,9,11H,8H2,1-3H3. The maximum atomic E-state index is 11.5. The number of sulfone groups is 1. The van der Waals surface area contributed by atoms with Crippen molar-refractivity contribution < 1.29 is 13.2 Å². The second-order valence-electron chi connectivity index (χ2n) is 4.07. The minimum Gasteiger partial charge on any atom is -0.496 e. The zero-order valence-corrected chi connectivity index (χ0v) is 12.6. The SMILES string of the molecule is COc1ccccc1CC(Br)C(C)S(C)(=O)=O. The van der Waals surface area contributed by atoms with Crippen LogP contribution in [0.15, 0.2) is 24.3 Å². The lowest BCUT2D eigenvalue weighted by molar-refractivity contribution is 0.409. The average molecular weight is 321 g/mol. The van der Waals surface area contributed by atoms with Crippen LogP contribution in [0, 0.1) is 0 Å². The monoisotopic (exact) mass is 320 g/mol. The van der Waals surface area contributed by atoms with E-state index in [0.717, 1.165) is 11.3 Å². The van der Waals surface area contributed by atoms with Crippen molar-refractivity contribution in [1.29, 1.82) is 0 Å². The second kappa shape index (κ2) is 5.87. The Morgan fingerprint density at radius 1 is 1.35 bits per heavy atom. The first-order valence-electron chi connectivity index (χ1n) is 5.31. The van der Waals surface area contributed by atoms with E-state index in [0.29, 0.717) is 6.42 Å². The van der Waals surface area contributed by atoms with Crippen molar-refractivity contribution in [3.8, 4) is 5.75 Å². The maximum Gasteiger partial charge on any atom is 0.151 e. The molecule has 2 unspecified atom stereocenters. The van der Waals surface area contributed by atoms with Crippen LogP contribution in [0.1, 0.15) is 12.5 Å². The summed E-state index contributed by atoms with van der Waals surface area (Å²) in [5.74, 6) is 0.789. The average Bonchev–Trinajstić information content (AvgIpc) is 2.27. The van der Waals surface area contributed by atoms with E-state index in [2.05, 4.69) is 15.9 Å². The Hall–Kier alpha value is -0.550. The molecule has 0 aromatic heterocycles. The summed E-state index contributed by atoms with van der Waals surface area (Å²) >= 11 is 3.44. The van der Waals surface area contributed by atoms with Crippen molar-refractivity contribution in [3.63, 3.8) is 0 Å². The fraction of sp³-hybridized carbons (Fsp3) is 0.500. The Bertz CT molecular complexity index is 470. The van der Waals surface area contributed by atoms with Crippen LogP contribution in [0.5, 0.6) is 5.75 Å². The molecule has 0 aliphatic carbocycles. The van der Waals surface area contributed by atoms with Crippen LogP contribution in [0.2, 0.25) is 0 Å². The first-order chi connectivity index (χ1) is 7.86. The van der Waals surface area contributed by atoms with Crippen LogP contribution < -0.4 is 4.74 Å². The van der Waals surface area contributed by atoms with Crippen LogP contribution in [0.25, 0.3) is 0 Å². The van der Waals surface area contributed by atoms with Crippen LogP contribution in [-0.2, 0) is 16.3 Å². The van der Waals surface area contributed by atoms with Crippen molar-refractivity contribution >= 4 is 25.8 Å². The lowest BCUT2D eigenvalue weighted by Crippen LogP contribution is -2.28. The maximum absolute atomic E-state index is 11.5. The Balaban J connectivity index is 2.84. The van der Waals surface area contributed by atoms with Gasteiger partial charge in [-0.15, -0.1) is 0 Å². The van der Waals surface area contributed by atoms with E-state index in [1.807, 2.05) is 24.3 Å². The van der Waals surface area contributed by atoms with E-state index in [-0.39, 0.29) is 4.83 Å². The molecular formula is C12H17BrO3S. The van der Waals surface area contributed by atoms with Gasteiger partial charge < -0.3 is 4.74 Å². The molecule has 0 saturated heterocycles. The predicted molar refractivity (Wildman–Crippen MR) is 73.7 cm³/mol. The third-order valence-corrected chi connectivity index (χ3v) is 5.94. The summed E-state index contributed by atoms with van der Waals surface area (Å²) in [7, 11) is -1.42. The van der Waals surface area contributed by atoms with Gasteiger partial charge in [-0.1, -0.05) is 34.1 Å². The van der Waals surface area contributed by atoms with Gasteiger partial charge in [-0.05, 0) is 25.0 Å². The van der Waals surface area contributed by atoms with Crippen LogP contribution in [-0.4, -0.2) is 31.9 Å². The minimum atomic E-state index is -3.03. The van der Waals surface area contributed by atoms with Crippen LogP contribution in [0.4, 0.5) is 0 Å². The summed E-state index contributed by atoms with van der Waals surface area (Å²) in [6.07, 6.45) is 1.88. The summed E-state index contributed by atoms with van der Waals surface area (Å²) in [6.45, 7) is 1.71. The van der Waals surface area contributed by atoms with Gasteiger partial charge in [0.05, 0.1) is 12.4 Å². The summed E-state index contributed by atoms with van der Waals surface area (Å²) in [5.41, 5.74) is 1.01. The Labute approximate surface area is 111 Å². The molecule has 2 atom stereocenters. The molecule has 0 fully saturated rings. The number of ether oxygens (including phenoxy) is 1. The van der Waals surface area contributed by atoms with Crippen molar-refractivity contribution in [1.82, 2.24) is 0 Å². The van der Waals surface area contributed by atoms with Gasteiger partial charge in [-0.2, -0.15) is 0 Å². The van der Waals surface area contributed by atoms with Crippen molar-refractivity contribution in [2.75, 3.05) is 13.4 Å². The third kappa shape index (κ3) is 4.00. The van der Waals surface area contributed by atoms with E-state index in [1.165, 1.54) is 6.26 Å². The highest BCUT2D eigenvalue weighted by atomic mass is 79.9. The molecular weight excluding hydrogens is 304 g/mol. The molecule has 1 aromatic rings. The molecule has 0 heterocycles. The molecule has 96 valence electrons. The number of hydrogen-bond donors (Lipinski definition) is 0. The summed E-state index contributed by atoms with van der Waals surface area (Å²) in [5, 5.41) is -0.424. The number of rotatable bonds is 5. The van der Waals surface area contributed by atoms with E-state index in [1.54, 1.807) is 14.0 Å². The summed E-state index contributed by atoms with van der Waals surface area (Å²) < 4.78 is 28.2. The van der Waals surface area contributed by atoms with Crippen molar-refractivity contribution in [2.24, 2.45) is 0 Å². The van der Waals surface area contributed by atoms with E-state index < -0.39 is 15.1 Å². The fourth-order valence-electron chi connectivity index (χ4n) is 1.52. The summed E-state index contributed by atoms with van der Waals surface area (Å²) in [6, 6.07) is 7.64. The molecule has 5 heteroatoms. The summed E-state index contributed by atoms with van der Waals surface area (Å²) in [4.78, 5) is -0.117. The van der Waals surface area contributed by atoms with Gasteiger partial charge in [0.25, 0.3) is 0 Å². The number of benzene rings is 1. The van der Waals surface area contributed by atoms with Gasteiger partial charge in [0.1, 0.15) is 5.75 Å². The normalized spacial score (nSPS) is 15.3. The molecule has 0 saturated carbocycles. The van der Waals surface area contributed by atoms with Gasteiger partial charge in [0, 0.05) is 11.1 Å². The molecule has 1 aromatic carbocycles. The van der Waals surface area contributed by atoms with E-state index >= 15 is 0 Å². The first kappa shape index (κ1) is 14.5. The molecule has 17 heavy (non-hydrogen) atoms. The number of alkyl halides is 1. The largest absolute Gasteiger partial charge is 0.496 e. The number of methoxy groups -OCH3 is 1. The van der Waals surface area contributed by atoms with Crippen LogP contribution >= 0.6 is 15.9 Å². The molecule has 1 rings (SSSR count). The number of para-hydroxylation sites is 1. The number of hydrogen-bond acceptors (Lipinski definition) is 3. The molecule has 0 aliphatic heterocycles. The topological polar surface area (TPSA) is 43.4 Å². The Morgan fingerprint density at radius 3 is 2.47 bits per heavy atom. The first-order valence-corrected chi connectivity index (χ1v) is 8.18. The molecule has 0 radical (unpaired) electrons. The lowest BCUT2D eigenvalue weighted by atomic mass is 10.1. The molecule has 0 aliphatic rings. The van der Waals surface area contributed by atoms with Gasteiger partial charge in [-0.3, -0.25) is 0 Å². The smallest absolute Gasteiger partial charge is 0.151 e. The molecule has 0 spiro atoms. The predicted octanol–water partition coefficient (Wildman–Crippen LogP) is 2.43. The van der Waals surface area contributed by atoms with E-state index in [9.17, 15) is 8.42 Å². The van der Waals surface area contributed by atoms with Gasteiger partial charge in [0.15, 0.2) is 9.84 Å². The zero-order chi connectivity index (χ0) is 13.1. The Morgan fingerprint density at radius 2 is 1.94 bits per heavy atom. The zero-order valence-electron chi connectivity index (χ0n) is 10.2. The third-order valence-electron chi connectivity index (χ3n) is 2.79. The lowest BCUT2D eigenvalue weighted by Gasteiger charge is -2.17. The minimum absolute atomic E-state index is 0.117. The highest BCUT2D eigenvalue weighted by Gasteiger charge is 2.24. The fourth-order valence-corrected chi connectivity index (χ4v) is 3.67. The van der Waals surface area contributed by atoms with Gasteiger partial charge >= 0.3 is 0 Å². The van der Waals surface area contributed by atoms with E-state index in [4.69, 9.17) is 4.74 Å². The van der Waals surface area contributed by atoms with Gasteiger partial charge in [-0.25, -0.2) is 8.42 Å². The molecule has 3 nitrogen and oxygen atoms in total. The Kier molecular flexibility index (Phi) is 5.01. The highest BCUT2D eigenvalue weighted by molar-refractivity contribution is 9.09. The number of halogens is 1.